The lowest BCUT2D eigenvalue weighted by Crippen LogP contribution is -2.48. The number of carbonyl (C=O) groups excluding carboxylic acids is 1. The van der Waals surface area contributed by atoms with Gasteiger partial charge in [-0.25, -0.2) is 0 Å². The van der Waals surface area contributed by atoms with Crippen molar-refractivity contribution in [3.63, 3.8) is 0 Å². The number of amides is 1. The molecular weight excluding hydrogens is 340 g/mol. The molecule has 0 radical (unpaired) electrons. The van der Waals surface area contributed by atoms with Crippen LogP contribution in [-0.4, -0.2) is 64.9 Å². The van der Waals surface area contributed by atoms with E-state index < -0.39 is 0 Å². The summed E-state index contributed by atoms with van der Waals surface area (Å²) in [6.07, 6.45) is 4.36. The third kappa shape index (κ3) is 4.39. The number of aromatic nitrogens is 1. The average Bonchev–Trinajstić information content (AvgIpc) is 3.36. The first-order chi connectivity index (χ1) is 13.2. The van der Waals surface area contributed by atoms with Crippen LogP contribution in [-0.2, 0) is 13.1 Å². The van der Waals surface area contributed by atoms with Crippen LogP contribution in [0.3, 0.4) is 0 Å². The monoisotopic (exact) mass is 368 g/mol. The largest absolute Gasteiger partial charge is 0.455 e. The fourth-order valence-corrected chi connectivity index (χ4v) is 3.90. The normalized spacial score (nSPS) is 18.9. The van der Waals surface area contributed by atoms with E-state index in [0.29, 0.717) is 5.76 Å². The van der Waals surface area contributed by atoms with Gasteiger partial charge in [-0.3, -0.25) is 19.6 Å². The van der Waals surface area contributed by atoms with Gasteiger partial charge in [0.15, 0.2) is 5.76 Å². The molecule has 0 aromatic carbocycles. The molecule has 1 amide bonds. The summed E-state index contributed by atoms with van der Waals surface area (Å²) in [5.41, 5.74) is 2.34. The zero-order valence-electron chi connectivity index (χ0n) is 16.1. The molecule has 2 aliphatic rings. The summed E-state index contributed by atoms with van der Waals surface area (Å²) in [4.78, 5) is 23.9. The molecule has 0 saturated carbocycles. The Morgan fingerprint density at radius 2 is 1.74 bits per heavy atom. The van der Waals surface area contributed by atoms with Gasteiger partial charge in [-0.05, 0) is 56.6 Å². The quantitative estimate of drug-likeness (QED) is 0.812. The van der Waals surface area contributed by atoms with Crippen LogP contribution in [0, 0.1) is 6.92 Å². The van der Waals surface area contributed by atoms with Gasteiger partial charge >= 0.3 is 0 Å². The Labute approximate surface area is 160 Å². The maximum absolute atomic E-state index is 12.8. The molecule has 0 spiro atoms. The van der Waals surface area contributed by atoms with Crippen molar-refractivity contribution in [1.29, 1.82) is 0 Å². The zero-order chi connectivity index (χ0) is 18.6. The van der Waals surface area contributed by atoms with Crippen molar-refractivity contribution in [3.8, 4) is 0 Å². The molecule has 144 valence electrons. The van der Waals surface area contributed by atoms with Crippen LogP contribution in [0.2, 0.25) is 0 Å². The lowest BCUT2D eigenvalue weighted by molar-refractivity contribution is 0.0593. The van der Waals surface area contributed by atoms with Crippen LogP contribution in [0.1, 0.15) is 40.4 Å². The maximum atomic E-state index is 12.8. The molecule has 0 bridgehead atoms. The number of piperazine rings is 1. The Bertz CT molecular complexity index is 774. The second-order valence-corrected chi connectivity index (χ2v) is 7.58. The van der Waals surface area contributed by atoms with Crippen LogP contribution in [0.15, 0.2) is 34.9 Å². The minimum absolute atomic E-state index is 0.0105. The van der Waals surface area contributed by atoms with E-state index in [0.717, 1.165) is 63.8 Å². The highest BCUT2D eigenvalue weighted by molar-refractivity contribution is 5.91. The molecule has 2 aliphatic heterocycles. The Morgan fingerprint density at radius 1 is 1.00 bits per heavy atom. The third-order valence-corrected chi connectivity index (χ3v) is 5.60. The number of furan rings is 1. The number of likely N-dealkylation sites (tertiary alicyclic amines) is 1. The topological polar surface area (TPSA) is 52.8 Å². The molecule has 4 heterocycles. The number of rotatable bonds is 5. The van der Waals surface area contributed by atoms with Crippen molar-refractivity contribution >= 4 is 5.91 Å². The third-order valence-electron chi connectivity index (χ3n) is 5.60. The maximum Gasteiger partial charge on any atom is 0.289 e. The zero-order valence-corrected chi connectivity index (χ0v) is 16.1. The predicted molar refractivity (Wildman–Crippen MR) is 103 cm³/mol. The lowest BCUT2D eigenvalue weighted by atomic mass is 10.2. The Morgan fingerprint density at radius 3 is 2.48 bits per heavy atom. The van der Waals surface area contributed by atoms with E-state index in [1.807, 2.05) is 29.3 Å². The Hall–Kier alpha value is -2.18. The van der Waals surface area contributed by atoms with Crippen LogP contribution >= 0.6 is 0 Å². The van der Waals surface area contributed by atoms with Crippen molar-refractivity contribution in [2.75, 3.05) is 39.3 Å². The standard InChI is InChI=1S/C21H28N4O2/c1-17-5-4-8-22-19(17)16-24-11-13-25(14-12-24)21(26)20-7-6-18(27-20)15-23-9-2-3-10-23/h4-8H,2-3,9-16H2,1H3. The number of hydrogen-bond acceptors (Lipinski definition) is 5. The van der Waals surface area contributed by atoms with Crippen LogP contribution in [0.25, 0.3) is 0 Å². The van der Waals surface area contributed by atoms with Gasteiger partial charge in [0.05, 0.1) is 12.2 Å². The number of hydrogen-bond donors (Lipinski definition) is 0. The molecule has 0 aliphatic carbocycles. The lowest BCUT2D eigenvalue weighted by Gasteiger charge is -2.34. The van der Waals surface area contributed by atoms with Crippen molar-refractivity contribution in [2.45, 2.75) is 32.9 Å². The molecule has 2 aromatic heterocycles. The molecule has 2 aromatic rings. The summed E-state index contributed by atoms with van der Waals surface area (Å²) in [5, 5.41) is 0. The first-order valence-corrected chi connectivity index (χ1v) is 9.92. The molecular formula is C21H28N4O2. The summed E-state index contributed by atoms with van der Waals surface area (Å²) in [7, 11) is 0. The van der Waals surface area contributed by atoms with Crippen LogP contribution in [0.5, 0.6) is 0 Å². The average molecular weight is 368 g/mol. The van der Waals surface area contributed by atoms with E-state index in [1.165, 1.54) is 18.4 Å². The molecule has 0 N–H and O–H groups in total. The highest BCUT2D eigenvalue weighted by Gasteiger charge is 2.25. The SMILES string of the molecule is Cc1cccnc1CN1CCN(C(=O)c2ccc(CN3CCCC3)o2)CC1. The molecule has 4 rings (SSSR count). The summed E-state index contributed by atoms with van der Waals surface area (Å²) < 4.78 is 5.84. The smallest absolute Gasteiger partial charge is 0.289 e. The van der Waals surface area contributed by atoms with E-state index in [-0.39, 0.29) is 5.91 Å². The van der Waals surface area contributed by atoms with Crippen LogP contribution < -0.4 is 0 Å². The van der Waals surface area contributed by atoms with E-state index in [2.05, 4.69) is 27.8 Å². The van der Waals surface area contributed by atoms with Gasteiger partial charge in [0.25, 0.3) is 5.91 Å². The van der Waals surface area contributed by atoms with Crippen LogP contribution in [0.4, 0.5) is 0 Å². The number of pyridine rings is 1. The van der Waals surface area contributed by atoms with Crippen molar-refractivity contribution in [2.24, 2.45) is 0 Å². The highest BCUT2D eigenvalue weighted by Crippen LogP contribution is 2.17. The first-order valence-electron chi connectivity index (χ1n) is 9.92. The van der Waals surface area contributed by atoms with E-state index in [4.69, 9.17) is 4.42 Å². The summed E-state index contributed by atoms with van der Waals surface area (Å²) >= 11 is 0. The van der Waals surface area contributed by atoms with Gasteiger partial charge < -0.3 is 9.32 Å². The van der Waals surface area contributed by atoms with Gasteiger partial charge in [-0.15, -0.1) is 0 Å². The highest BCUT2D eigenvalue weighted by atomic mass is 16.4. The molecule has 0 unspecified atom stereocenters. The molecule has 0 atom stereocenters. The molecule has 27 heavy (non-hydrogen) atoms. The fraction of sp³-hybridized carbons (Fsp3) is 0.524. The minimum atomic E-state index is 0.0105. The number of carbonyl (C=O) groups is 1. The molecule has 2 fully saturated rings. The van der Waals surface area contributed by atoms with Gasteiger partial charge in [0.2, 0.25) is 0 Å². The van der Waals surface area contributed by atoms with Gasteiger partial charge in [0, 0.05) is 38.9 Å². The first kappa shape index (κ1) is 18.2. The van der Waals surface area contributed by atoms with Crippen molar-refractivity contribution < 1.29 is 9.21 Å². The summed E-state index contributed by atoms with van der Waals surface area (Å²) in [6.45, 7) is 9.19. The van der Waals surface area contributed by atoms with E-state index >= 15 is 0 Å². The van der Waals surface area contributed by atoms with Gasteiger partial charge in [-0.1, -0.05) is 6.07 Å². The number of aryl methyl sites for hydroxylation is 1. The fourth-order valence-electron chi connectivity index (χ4n) is 3.90. The summed E-state index contributed by atoms with van der Waals surface area (Å²) in [5.74, 6) is 1.37. The number of nitrogens with zero attached hydrogens (tertiary/aromatic N) is 4. The van der Waals surface area contributed by atoms with E-state index in [9.17, 15) is 4.79 Å². The molecule has 6 heteroatoms. The van der Waals surface area contributed by atoms with Gasteiger partial charge in [0.1, 0.15) is 5.76 Å². The Kier molecular flexibility index (Phi) is 5.55. The Balaban J connectivity index is 1.29. The van der Waals surface area contributed by atoms with Crippen molar-refractivity contribution in [1.82, 2.24) is 19.7 Å². The second kappa shape index (κ2) is 8.23. The van der Waals surface area contributed by atoms with Gasteiger partial charge in [-0.2, -0.15) is 0 Å². The minimum Gasteiger partial charge on any atom is -0.455 e. The molecule has 2 saturated heterocycles. The molecule has 6 nitrogen and oxygen atoms in total. The summed E-state index contributed by atoms with van der Waals surface area (Å²) in [6, 6.07) is 7.85. The van der Waals surface area contributed by atoms with E-state index in [1.54, 1.807) is 0 Å². The second-order valence-electron chi connectivity index (χ2n) is 7.58. The van der Waals surface area contributed by atoms with Crippen molar-refractivity contribution in [3.05, 3.63) is 53.2 Å². The predicted octanol–water partition coefficient (Wildman–Crippen LogP) is 2.54.